The van der Waals surface area contributed by atoms with E-state index in [0.29, 0.717) is 18.3 Å². The molecule has 1 N–H and O–H groups in total. The van der Waals surface area contributed by atoms with E-state index in [-0.39, 0.29) is 18.0 Å². The number of hydrogen-bond donors (Lipinski definition) is 1. The Labute approximate surface area is 190 Å². The molecule has 2 aromatic carbocycles. The number of ether oxygens (including phenoxy) is 1. The molecule has 2 heterocycles. The van der Waals surface area contributed by atoms with Crippen molar-refractivity contribution in [3.8, 4) is 5.75 Å². The number of carbonyl (C=O) groups excluding carboxylic acids is 1. The van der Waals surface area contributed by atoms with Crippen molar-refractivity contribution in [1.29, 1.82) is 0 Å². The van der Waals surface area contributed by atoms with Crippen LogP contribution in [-0.2, 0) is 6.42 Å². The van der Waals surface area contributed by atoms with Crippen LogP contribution in [0, 0.1) is 5.82 Å². The summed E-state index contributed by atoms with van der Waals surface area (Å²) in [6.45, 7) is 4.26. The zero-order valence-corrected chi connectivity index (χ0v) is 18.7. The highest BCUT2D eigenvalue weighted by molar-refractivity contribution is 5.74. The fraction of sp³-hybridized carbons (Fsp3) is 0.500. The Morgan fingerprint density at radius 2 is 1.62 bits per heavy atom. The Bertz CT molecular complexity index is 847. The smallest absolute Gasteiger partial charge is 0.317 e. The molecule has 2 amide bonds. The molecule has 2 saturated heterocycles. The van der Waals surface area contributed by atoms with Crippen LogP contribution >= 0.6 is 0 Å². The van der Waals surface area contributed by atoms with Gasteiger partial charge in [0.2, 0.25) is 0 Å². The number of nitrogens with one attached hydrogen (secondary N) is 1. The molecular weight excluding hydrogens is 405 g/mol. The van der Waals surface area contributed by atoms with Gasteiger partial charge in [-0.1, -0.05) is 42.5 Å². The summed E-state index contributed by atoms with van der Waals surface area (Å²) in [5.41, 5.74) is 1.31. The number of piperidine rings is 2. The van der Waals surface area contributed by atoms with Crippen molar-refractivity contribution < 1.29 is 13.9 Å². The molecule has 5 nitrogen and oxygen atoms in total. The van der Waals surface area contributed by atoms with Crippen LogP contribution in [0.1, 0.15) is 37.7 Å². The van der Waals surface area contributed by atoms with Crippen molar-refractivity contribution in [3.05, 3.63) is 66.0 Å². The monoisotopic (exact) mass is 439 g/mol. The maximum atomic E-state index is 13.8. The first-order chi connectivity index (χ1) is 15.7. The largest absolute Gasteiger partial charge is 0.487 e. The van der Waals surface area contributed by atoms with Gasteiger partial charge in [0, 0.05) is 38.8 Å². The van der Waals surface area contributed by atoms with Gasteiger partial charge in [-0.25, -0.2) is 9.18 Å². The lowest BCUT2D eigenvalue weighted by Gasteiger charge is -2.41. The van der Waals surface area contributed by atoms with Crippen LogP contribution in [-0.4, -0.2) is 60.7 Å². The lowest BCUT2D eigenvalue weighted by molar-refractivity contribution is 0.0520. The van der Waals surface area contributed by atoms with Gasteiger partial charge in [0.15, 0.2) is 11.6 Å². The van der Waals surface area contributed by atoms with E-state index in [1.165, 1.54) is 11.6 Å². The zero-order chi connectivity index (χ0) is 22.2. The number of nitrogens with zero attached hydrogens (tertiary/aromatic N) is 2. The maximum absolute atomic E-state index is 13.8. The summed E-state index contributed by atoms with van der Waals surface area (Å²) in [5.74, 6) is 0.0645. The van der Waals surface area contributed by atoms with Gasteiger partial charge in [-0.15, -0.1) is 0 Å². The van der Waals surface area contributed by atoms with Crippen molar-refractivity contribution in [1.82, 2.24) is 15.1 Å². The average molecular weight is 440 g/mol. The fourth-order valence-electron chi connectivity index (χ4n) is 4.76. The van der Waals surface area contributed by atoms with Gasteiger partial charge in [-0.05, 0) is 56.2 Å². The van der Waals surface area contributed by atoms with Crippen molar-refractivity contribution in [2.24, 2.45) is 0 Å². The number of benzene rings is 2. The number of halogens is 1. The number of aryl methyl sites for hydroxylation is 1. The molecule has 0 aliphatic carbocycles. The Morgan fingerprint density at radius 3 is 2.34 bits per heavy atom. The minimum Gasteiger partial charge on any atom is -0.487 e. The molecule has 2 aliphatic heterocycles. The molecule has 0 saturated carbocycles. The highest BCUT2D eigenvalue weighted by Gasteiger charge is 2.30. The van der Waals surface area contributed by atoms with Crippen LogP contribution in [0.3, 0.4) is 0 Å². The Morgan fingerprint density at radius 1 is 0.938 bits per heavy atom. The van der Waals surface area contributed by atoms with Gasteiger partial charge in [0.05, 0.1) is 0 Å². The summed E-state index contributed by atoms with van der Waals surface area (Å²) in [7, 11) is 0. The van der Waals surface area contributed by atoms with Crippen LogP contribution in [0.25, 0.3) is 0 Å². The molecule has 172 valence electrons. The van der Waals surface area contributed by atoms with Crippen molar-refractivity contribution in [2.75, 3.05) is 32.7 Å². The van der Waals surface area contributed by atoms with Gasteiger partial charge >= 0.3 is 6.03 Å². The first-order valence-electron chi connectivity index (χ1n) is 11.9. The molecule has 0 spiro atoms. The minimum atomic E-state index is -0.291. The standard InChI is InChI=1S/C26H34FN3O2/c27-24-10-4-5-11-25(24)32-23-14-19-29(20-15-23)22-12-17-30(18-13-22)26(31)28-16-6-9-21-7-2-1-3-8-21/h1-5,7-8,10-11,22-23H,6,9,12-20H2,(H,28,31). The minimum absolute atomic E-state index is 0.0634. The molecule has 2 fully saturated rings. The Kier molecular flexibility index (Phi) is 7.99. The second-order valence-electron chi connectivity index (χ2n) is 8.82. The predicted molar refractivity (Wildman–Crippen MR) is 124 cm³/mol. The highest BCUT2D eigenvalue weighted by atomic mass is 19.1. The molecule has 4 rings (SSSR count). The second-order valence-corrected chi connectivity index (χ2v) is 8.82. The summed E-state index contributed by atoms with van der Waals surface area (Å²) in [4.78, 5) is 17.0. The SMILES string of the molecule is O=C(NCCCc1ccccc1)N1CCC(N2CCC(Oc3ccccc3F)CC2)CC1. The first-order valence-corrected chi connectivity index (χ1v) is 11.9. The average Bonchev–Trinajstić information content (AvgIpc) is 2.84. The number of likely N-dealkylation sites (tertiary alicyclic amines) is 2. The molecule has 2 aliphatic rings. The van der Waals surface area contributed by atoms with E-state index in [0.717, 1.165) is 64.7 Å². The first kappa shape index (κ1) is 22.6. The van der Waals surface area contributed by atoms with Gasteiger partial charge < -0.3 is 15.0 Å². The quantitative estimate of drug-likeness (QED) is 0.647. The van der Waals surface area contributed by atoms with Crippen LogP contribution < -0.4 is 10.1 Å². The van der Waals surface area contributed by atoms with E-state index in [4.69, 9.17) is 4.74 Å². The van der Waals surface area contributed by atoms with Gasteiger partial charge in [0.1, 0.15) is 6.10 Å². The zero-order valence-electron chi connectivity index (χ0n) is 18.7. The number of amides is 2. The van der Waals surface area contributed by atoms with Crippen LogP contribution in [0.5, 0.6) is 5.75 Å². The van der Waals surface area contributed by atoms with Crippen molar-refractivity contribution in [2.45, 2.75) is 50.7 Å². The molecule has 0 atom stereocenters. The summed E-state index contributed by atoms with van der Waals surface area (Å²) in [6, 6.07) is 17.6. The molecule has 0 unspecified atom stereocenters. The fourth-order valence-corrected chi connectivity index (χ4v) is 4.76. The summed E-state index contributed by atoms with van der Waals surface area (Å²) in [5, 5.41) is 3.08. The molecule has 6 heteroatoms. The van der Waals surface area contributed by atoms with E-state index in [2.05, 4.69) is 34.5 Å². The highest BCUT2D eigenvalue weighted by Crippen LogP contribution is 2.25. The third-order valence-corrected chi connectivity index (χ3v) is 6.64. The molecule has 2 aromatic rings. The third-order valence-electron chi connectivity index (χ3n) is 6.64. The molecular formula is C26H34FN3O2. The molecule has 32 heavy (non-hydrogen) atoms. The maximum Gasteiger partial charge on any atom is 0.317 e. The summed E-state index contributed by atoms with van der Waals surface area (Å²) < 4.78 is 19.7. The van der Waals surface area contributed by atoms with E-state index in [1.807, 2.05) is 11.0 Å². The third kappa shape index (κ3) is 6.22. The number of urea groups is 1. The summed E-state index contributed by atoms with van der Waals surface area (Å²) in [6.07, 6.45) is 5.86. The van der Waals surface area contributed by atoms with Gasteiger partial charge in [-0.2, -0.15) is 0 Å². The number of rotatable bonds is 7. The number of carbonyl (C=O) groups is 1. The lowest BCUT2D eigenvalue weighted by Crippen LogP contribution is -2.51. The number of para-hydroxylation sites is 1. The predicted octanol–water partition coefficient (Wildman–Crippen LogP) is 4.48. The van der Waals surface area contributed by atoms with E-state index >= 15 is 0 Å². The Balaban J connectivity index is 1.12. The van der Waals surface area contributed by atoms with Crippen LogP contribution in [0.4, 0.5) is 9.18 Å². The molecule has 0 radical (unpaired) electrons. The Hall–Kier alpha value is -2.60. The normalized spacial score (nSPS) is 18.5. The summed E-state index contributed by atoms with van der Waals surface area (Å²) >= 11 is 0. The van der Waals surface area contributed by atoms with E-state index in [1.54, 1.807) is 18.2 Å². The molecule has 0 bridgehead atoms. The van der Waals surface area contributed by atoms with Crippen molar-refractivity contribution in [3.63, 3.8) is 0 Å². The van der Waals surface area contributed by atoms with Gasteiger partial charge in [0.25, 0.3) is 0 Å². The van der Waals surface area contributed by atoms with E-state index in [9.17, 15) is 9.18 Å². The van der Waals surface area contributed by atoms with Crippen LogP contribution in [0.15, 0.2) is 54.6 Å². The second kappa shape index (κ2) is 11.3. The van der Waals surface area contributed by atoms with Crippen molar-refractivity contribution >= 4 is 6.03 Å². The topological polar surface area (TPSA) is 44.8 Å². The molecule has 0 aromatic heterocycles. The van der Waals surface area contributed by atoms with Crippen LogP contribution in [0.2, 0.25) is 0 Å². The lowest BCUT2D eigenvalue weighted by atomic mass is 9.99. The van der Waals surface area contributed by atoms with Gasteiger partial charge in [-0.3, -0.25) is 4.90 Å². The van der Waals surface area contributed by atoms with E-state index < -0.39 is 0 Å². The number of hydrogen-bond acceptors (Lipinski definition) is 3.